The van der Waals surface area contributed by atoms with E-state index in [1.54, 1.807) is 18.2 Å². The van der Waals surface area contributed by atoms with Gasteiger partial charge in [0.15, 0.2) is 0 Å². The Morgan fingerprint density at radius 2 is 1.76 bits per heavy atom. The molecule has 1 aromatic carbocycles. The number of amides is 1. The SMILES string of the molecule is CN(C(=O)c1cccc(-n2cccc2)c1)C(C)(C)C(=O)O. The summed E-state index contributed by atoms with van der Waals surface area (Å²) in [6, 6.07) is 10.9. The number of hydrogen-bond acceptors (Lipinski definition) is 2. The molecule has 1 heterocycles. The fourth-order valence-electron chi connectivity index (χ4n) is 1.90. The van der Waals surface area contributed by atoms with E-state index >= 15 is 0 Å². The van der Waals surface area contributed by atoms with Gasteiger partial charge in [0.2, 0.25) is 0 Å². The van der Waals surface area contributed by atoms with E-state index in [4.69, 9.17) is 0 Å². The van der Waals surface area contributed by atoms with Gasteiger partial charge in [0.1, 0.15) is 5.54 Å². The minimum atomic E-state index is -1.26. The molecule has 0 aliphatic carbocycles. The summed E-state index contributed by atoms with van der Waals surface area (Å²) < 4.78 is 1.89. The molecular weight excluding hydrogens is 268 g/mol. The Morgan fingerprint density at radius 1 is 1.14 bits per heavy atom. The molecule has 0 aliphatic heterocycles. The van der Waals surface area contributed by atoms with Crippen LogP contribution in [0.5, 0.6) is 0 Å². The molecule has 0 fully saturated rings. The van der Waals surface area contributed by atoms with Gasteiger partial charge in [-0.1, -0.05) is 6.07 Å². The van der Waals surface area contributed by atoms with Crippen molar-refractivity contribution in [3.05, 3.63) is 54.4 Å². The van der Waals surface area contributed by atoms with Crippen molar-refractivity contribution in [1.82, 2.24) is 9.47 Å². The largest absolute Gasteiger partial charge is 0.480 e. The number of carbonyl (C=O) groups is 2. The van der Waals surface area contributed by atoms with E-state index in [0.717, 1.165) is 5.69 Å². The summed E-state index contributed by atoms with van der Waals surface area (Å²) in [4.78, 5) is 25.0. The van der Waals surface area contributed by atoms with Gasteiger partial charge in [-0.2, -0.15) is 0 Å². The highest BCUT2D eigenvalue weighted by Crippen LogP contribution is 2.18. The molecule has 0 saturated heterocycles. The number of carboxylic acid groups (broad SMARTS) is 1. The molecule has 5 heteroatoms. The number of carbonyl (C=O) groups excluding carboxylic acids is 1. The Labute approximate surface area is 123 Å². The minimum absolute atomic E-state index is 0.323. The van der Waals surface area contributed by atoms with Crippen molar-refractivity contribution in [3.63, 3.8) is 0 Å². The average molecular weight is 286 g/mol. The third kappa shape index (κ3) is 2.81. The molecule has 0 radical (unpaired) electrons. The van der Waals surface area contributed by atoms with Crippen LogP contribution in [0.15, 0.2) is 48.8 Å². The summed E-state index contributed by atoms with van der Waals surface area (Å²) in [5, 5.41) is 9.21. The fraction of sp³-hybridized carbons (Fsp3) is 0.250. The lowest BCUT2D eigenvalue weighted by Crippen LogP contribution is -2.50. The van der Waals surface area contributed by atoms with Crippen molar-refractivity contribution >= 4 is 11.9 Å². The van der Waals surface area contributed by atoms with E-state index in [0.29, 0.717) is 5.56 Å². The molecule has 0 atom stereocenters. The smallest absolute Gasteiger partial charge is 0.329 e. The minimum Gasteiger partial charge on any atom is -0.480 e. The normalized spacial score (nSPS) is 11.2. The molecule has 110 valence electrons. The average Bonchev–Trinajstić information content (AvgIpc) is 2.99. The molecule has 1 amide bonds. The van der Waals surface area contributed by atoms with E-state index in [1.165, 1.54) is 25.8 Å². The summed E-state index contributed by atoms with van der Waals surface area (Å²) in [5.41, 5.74) is 0.0472. The number of hydrogen-bond donors (Lipinski definition) is 1. The second kappa shape index (κ2) is 5.44. The summed E-state index contributed by atoms with van der Waals surface area (Å²) in [6.07, 6.45) is 3.77. The molecule has 0 spiro atoms. The first-order valence-corrected chi connectivity index (χ1v) is 6.59. The lowest BCUT2D eigenvalue weighted by Gasteiger charge is -2.31. The predicted molar refractivity (Wildman–Crippen MR) is 79.6 cm³/mol. The number of carboxylic acids is 1. The lowest BCUT2D eigenvalue weighted by atomic mass is 10.0. The first kappa shape index (κ1) is 14.8. The van der Waals surface area contributed by atoms with Gasteiger partial charge in [-0.15, -0.1) is 0 Å². The summed E-state index contributed by atoms with van der Waals surface area (Å²) in [6.45, 7) is 3.01. The molecule has 0 saturated carbocycles. The molecule has 1 aromatic heterocycles. The van der Waals surface area contributed by atoms with Crippen molar-refractivity contribution in [3.8, 4) is 5.69 Å². The van der Waals surface area contributed by atoms with Gasteiger partial charge in [0.25, 0.3) is 5.91 Å². The maximum Gasteiger partial charge on any atom is 0.329 e. The van der Waals surface area contributed by atoms with Crippen molar-refractivity contribution in [2.24, 2.45) is 0 Å². The van der Waals surface area contributed by atoms with Crippen molar-refractivity contribution in [2.75, 3.05) is 7.05 Å². The fourth-order valence-corrected chi connectivity index (χ4v) is 1.90. The summed E-state index contributed by atoms with van der Waals surface area (Å²) in [5.74, 6) is -1.36. The van der Waals surface area contributed by atoms with Gasteiger partial charge in [0, 0.05) is 30.7 Å². The van der Waals surface area contributed by atoms with Crippen LogP contribution in [0.2, 0.25) is 0 Å². The van der Waals surface area contributed by atoms with Gasteiger partial charge < -0.3 is 14.6 Å². The quantitative estimate of drug-likeness (QED) is 0.938. The van der Waals surface area contributed by atoms with Crippen LogP contribution in [-0.4, -0.2) is 39.0 Å². The molecule has 1 N–H and O–H groups in total. The summed E-state index contributed by atoms with van der Waals surface area (Å²) >= 11 is 0. The molecular formula is C16H18N2O3. The number of aliphatic carboxylic acids is 1. The van der Waals surface area contributed by atoms with Crippen molar-refractivity contribution in [2.45, 2.75) is 19.4 Å². The molecule has 2 rings (SSSR count). The predicted octanol–water partition coefficient (Wildman–Crippen LogP) is 2.41. The van der Waals surface area contributed by atoms with Crippen LogP contribution in [0.4, 0.5) is 0 Å². The topological polar surface area (TPSA) is 62.5 Å². The standard InChI is InChI=1S/C16H18N2O3/c1-16(2,15(20)21)17(3)14(19)12-7-6-8-13(11-12)18-9-4-5-10-18/h4-11H,1-3H3,(H,20,21). The number of rotatable bonds is 4. The zero-order chi connectivity index (χ0) is 15.6. The first-order chi connectivity index (χ1) is 9.84. The van der Waals surface area contributed by atoms with Crippen molar-refractivity contribution in [1.29, 1.82) is 0 Å². The van der Waals surface area contributed by atoms with Gasteiger partial charge in [-0.25, -0.2) is 4.79 Å². The zero-order valence-electron chi connectivity index (χ0n) is 12.3. The van der Waals surface area contributed by atoms with Gasteiger partial charge in [-0.3, -0.25) is 4.79 Å². The third-order valence-corrected chi connectivity index (χ3v) is 3.66. The monoisotopic (exact) mass is 286 g/mol. The Balaban J connectivity index is 2.32. The Kier molecular flexibility index (Phi) is 3.84. The third-order valence-electron chi connectivity index (χ3n) is 3.66. The van der Waals surface area contributed by atoms with Crippen LogP contribution in [-0.2, 0) is 4.79 Å². The van der Waals surface area contributed by atoms with Crippen LogP contribution >= 0.6 is 0 Å². The van der Waals surface area contributed by atoms with E-state index in [2.05, 4.69) is 0 Å². The van der Waals surface area contributed by atoms with E-state index in [1.807, 2.05) is 35.2 Å². The first-order valence-electron chi connectivity index (χ1n) is 6.59. The Hall–Kier alpha value is -2.56. The van der Waals surface area contributed by atoms with Crippen LogP contribution in [0.25, 0.3) is 5.69 Å². The van der Waals surface area contributed by atoms with Gasteiger partial charge in [0.05, 0.1) is 0 Å². The van der Waals surface area contributed by atoms with E-state index in [9.17, 15) is 14.7 Å². The van der Waals surface area contributed by atoms with E-state index < -0.39 is 11.5 Å². The van der Waals surface area contributed by atoms with Crippen LogP contribution in [0.3, 0.4) is 0 Å². The van der Waals surface area contributed by atoms with Crippen LogP contribution in [0, 0.1) is 0 Å². The Bertz CT molecular complexity index is 660. The molecule has 2 aromatic rings. The molecule has 0 aliphatic rings. The van der Waals surface area contributed by atoms with E-state index in [-0.39, 0.29) is 5.91 Å². The highest BCUT2D eigenvalue weighted by Gasteiger charge is 2.35. The molecule has 0 unspecified atom stereocenters. The molecule has 21 heavy (non-hydrogen) atoms. The summed E-state index contributed by atoms with van der Waals surface area (Å²) in [7, 11) is 1.50. The lowest BCUT2D eigenvalue weighted by molar-refractivity contribution is -0.147. The number of nitrogens with zero attached hydrogens (tertiary/aromatic N) is 2. The molecule has 5 nitrogen and oxygen atoms in total. The van der Waals surface area contributed by atoms with Crippen LogP contribution in [0.1, 0.15) is 24.2 Å². The second-order valence-electron chi connectivity index (χ2n) is 5.37. The van der Waals surface area contributed by atoms with Crippen LogP contribution < -0.4 is 0 Å². The number of benzene rings is 1. The highest BCUT2D eigenvalue weighted by molar-refractivity contribution is 5.97. The number of aromatic nitrogens is 1. The zero-order valence-corrected chi connectivity index (χ0v) is 12.3. The van der Waals surface area contributed by atoms with Crippen molar-refractivity contribution < 1.29 is 14.7 Å². The number of likely N-dealkylation sites (N-methyl/N-ethyl adjacent to an activating group) is 1. The molecule has 0 bridgehead atoms. The highest BCUT2D eigenvalue weighted by atomic mass is 16.4. The van der Waals surface area contributed by atoms with Gasteiger partial charge in [-0.05, 0) is 44.2 Å². The second-order valence-corrected chi connectivity index (χ2v) is 5.37. The Morgan fingerprint density at radius 3 is 2.33 bits per heavy atom. The van der Waals surface area contributed by atoms with Gasteiger partial charge >= 0.3 is 5.97 Å². The maximum atomic E-state index is 12.5. The maximum absolute atomic E-state index is 12.5.